The zero-order valence-corrected chi connectivity index (χ0v) is 19.8. The van der Waals surface area contributed by atoms with Crippen molar-refractivity contribution < 1.29 is 28.9 Å². The van der Waals surface area contributed by atoms with E-state index in [1.165, 1.54) is 18.9 Å². The number of hydrogen-bond donors (Lipinski definition) is 2. The van der Waals surface area contributed by atoms with Crippen LogP contribution in [0.3, 0.4) is 0 Å². The Morgan fingerprint density at radius 1 is 1.19 bits per heavy atom. The fourth-order valence-corrected chi connectivity index (χ4v) is 3.62. The second kappa shape index (κ2) is 12.1. The number of halogens is 1. The third-order valence-corrected chi connectivity index (χ3v) is 5.20. The molecule has 0 atom stereocenters. The van der Waals surface area contributed by atoms with Gasteiger partial charge in [0.25, 0.3) is 0 Å². The molecular weight excluding hydrogens is 515 g/mol. The number of aliphatic carboxylic acids is 1. The number of hydrogen-bond acceptors (Lipinski definition) is 6. The number of nitrogens with one attached hydrogen (secondary N) is 1. The van der Waals surface area contributed by atoms with E-state index in [1.807, 2.05) is 47.7 Å². The molecule has 1 amide bonds. The van der Waals surface area contributed by atoms with E-state index in [1.54, 1.807) is 19.2 Å². The van der Waals surface area contributed by atoms with Crippen LogP contribution in [0.4, 0.5) is 0 Å². The molecule has 9 heteroatoms. The molecule has 0 spiro atoms. The zero-order valence-electron chi connectivity index (χ0n) is 17.6. The van der Waals surface area contributed by atoms with E-state index in [9.17, 15) is 9.59 Å². The number of rotatable bonds is 11. The molecule has 2 aromatic carbocycles. The largest absolute Gasteiger partial charge is 0.497 e. The molecule has 0 fully saturated rings. The normalized spacial score (nSPS) is 10.7. The Labute approximate surface area is 194 Å². The van der Waals surface area contributed by atoms with E-state index >= 15 is 0 Å². The number of carboxylic acids is 1. The van der Waals surface area contributed by atoms with Crippen molar-refractivity contribution in [1.29, 1.82) is 0 Å². The summed E-state index contributed by atoms with van der Waals surface area (Å²) >= 11 is 2.02. The topological polar surface area (TPSA) is 106 Å². The minimum atomic E-state index is -1.08. The van der Waals surface area contributed by atoms with Gasteiger partial charge < -0.3 is 19.3 Å². The number of carbonyl (C=O) groups is 2. The van der Waals surface area contributed by atoms with Crippen LogP contribution in [0.2, 0.25) is 0 Å². The Bertz CT molecular complexity index is 961. The van der Waals surface area contributed by atoms with Gasteiger partial charge in [0.1, 0.15) is 5.75 Å². The molecule has 0 aliphatic carbocycles. The summed E-state index contributed by atoms with van der Waals surface area (Å²) in [4.78, 5) is 22.8. The van der Waals surface area contributed by atoms with Crippen molar-refractivity contribution in [3.63, 3.8) is 0 Å². The molecule has 0 bridgehead atoms. The number of methoxy groups -OCH3 is 2. The molecule has 0 heterocycles. The maximum atomic E-state index is 12.1. The number of carbonyl (C=O) groups excluding carboxylic acids is 1. The lowest BCUT2D eigenvalue weighted by Gasteiger charge is -2.12. The number of ether oxygens (including phenoxy) is 3. The summed E-state index contributed by atoms with van der Waals surface area (Å²) in [6.45, 7) is 1.56. The first-order valence-corrected chi connectivity index (χ1v) is 10.6. The van der Waals surface area contributed by atoms with Crippen LogP contribution in [0.5, 0.6) is 17.2 Å². The number of amides is 1. The van der Waals surface area contributed by atoms with Crippen molar-refractivity contribution in [2.45, 2.75) is 26.2 Å². The molecule has 2 aromatic rings. The van der Waals surface area contributed by atoms with Crippen molar-refractivity contribution in [3.05, 3.63) is 50.6 Å². The molecule has 0 aliphatic rings. The fraction of sp³-hybridized carbons (Fsp3) is 0.318. The molecule has 0 saturated carbocycles. The van der Waals surface area contributed by atoms with Gasteiger partial charge in [0.2, 0.25) is 5.91 Å². The van der Waals surface area contributed by atoms with Crippen LogP contribution in [0.25, 0.3) is 0 Å². The summed E-state index contributed by atoms with van der Waals surface area (Å²) in [5.41, 5.74) is 5.52. The van der Waals surface area contributed by atoms with Gasteiger partial charge in [-0.2, -0.15) is 5.10 Å². The van der Waals surface area contributed by atoms with Gasteiger partial charge in [0.05, 0.1) is 24.0 Å². The first kappa shape index (κ1) is 24.4. The monoisotopic (exact) mass is 540 g/mol. The molecule has 8 nitrogen and oxygen atoms in total. The van der Waals surface area contributed by atoms with Crippen LogP contribution in [0.15, 0.2) is 35.4 Å². The van der Waals surface area contributed by atoms with Gasteiger partial charge >= 0.3 is 5.97 Å². The van der Waals surface area contributed by atoms with E-state index in [0.717, 1.165) is 17.7 Å². The van der Waals surface area contributed by atoms with Gasteiger partial charge in [-0.15, -0.1) is 0 Å². The highest BCUT2D eigenvalue weighted by atomic mass is 127. The smallest absolute Gasteiger partial charge is 0.341 e. The molecule has 0 aromatic heterocycles. The summed E-state index contributed by atoms with van der Waals surface area (Å²) in [5, 5.41) is 12.8. The first-order chi connectivity index (χ1) is 14.8. The van der Waals surface area contributed by atoms with Gasteiger partial charge in [-0.25, -0.2) is 10.2 Å². The lowest BCUT2D eigenvalue weighted by atomic mass is 10.0. The predicted molar refractivity (Wildman–Crippen MR) is 125 cm³/mol. The van der Waals surface area contributed by atoms with Crippen molar-refractivity contribution in [1.82, 2.24) is 5.43 Å². The third kappa shape index (κ3) is 7.74. The number of hydrazone groups is 1. The summed E-state index contributed by atoms with van der Waals surface area (Å²) in [6, 6.07) is 9.32. The van der Waals surface area contributed by atoms with E-state index < -0.39 is 12.6 Å². The highest BCUT2D eigenvalue weighted by molar-refractivity contribution is 14.1. The van der Waals surface area contributed by atoms with Gasteiger partial charge in [-0.1, -0.05) is 6.07 Å². The van der Waals surface area contributed by atoms with Crippen molar-refractivity contribution in [3.8, 4) is 17.2 Å². The van der Waals surface area contributed by atoms with Gasteiger partial charge in [-0.3, -0.25) is 4.79 Å². The summed E-state index contributed by atoms with van der Waals surface area (Å²) < 4.78 is 16.4. The van der Waals surface area contributed by atoms with Gasteiger partial charge in [-0.05, 0) is 83.3 Å². The van der Waals surface area contributed by atoms with E-state index in [4.69, 9.17) is 19.3 Å². The Hall–Kier alpha value is -2.82. The molecule has 0 unspecified atom stereocenters. The molecule has 166 valence electrons. The van der Waals surface area contributed by atoms with Crippen molar-refractivity contribution in [2.24, 2.45) is 5.10 Å². The van der Waals surface area contributed by atoms with Crippen molar-refractivity contribution >= 4 is 40.7 Å². The Morgan fingerprint density at radius 2 is 1.97 bits per heavy atom. The number of nitrogens with zero attached hydrogens (tertiary/aromatic N) is 1. The highest BCUT2D eigenvalue weighted by Gasteiger charge is 2.12. The molecular formula is C22H25IN2O6. The summed E-state index contributed by atoms with van der Waals surface area (Å²) in [5.74, 6) is 0.302. The van der Waals surface area contributed by atoms with Crippen LogP contribution in [-0.4, -0.2) is 44.0 Å². The van der Waals surface area contributed by atoms with E-state index in [2.05, 4.69) is 10.5 Å². The maximum Gasteiger partial charge on any atom is 0.341 e. The minimum Gasteiger partial charge on any atom is -0.497 e. The van der Waals surface area contributed by atoms with E-state index in [0.29, 0.717) is 33.5 Å². The maximum absolute atomic E-state index is 12.1. The van der Waals surface area contributed by atoms with Crippen LogP contribution in [-0.2, 0) is 16.0 Å². The second-order valence-corrected chi connectivity index (χ2v) is 7.82. The third-order valence-electron chi connectivity index (χ3n) is 4.39. The predicted octanol–water partition coefficient (Wildman–Crippen LogP) is 3.55. The second-order valence-electron chi connectivity index (χ2n) is 6.66. The summed E-state index contributed by atoms with van der Waals surface area (Å²) in [6.07, 6.45) is 3.35. The van der Waals surface area contributed by atoms with Crippen LogP contribution in [0, 0.1) is 10.5 Å². The minimum absolute atomic E-state index is 0.175. The molecule has 2 N–H and O–H groups in total. The molecule has 2 rings (SSSR count). The van der Waals surface area contributed by atoms with E-state index in [-0.39, 0.29) is 5.91 Å². The lowest BCUT2D eigenvalue weighted by molar-refractivity contribution is -0.139. The Kier molecular flexibility index (Phi) is 9.57. The first-order valence-electron chi connectivity index (χ1n) is 9.51. The van der Waals surface area contributed by atoms with Crippen LogP contribution in [0.1, 0.15) is 29.5 Å². The standard InChI is InChI=1S/C22H25IN2O6/c1-14-9-17(29-2)8-7-16(14)5-4-6-20(26)25-24-12-15-10-18(23)22(19(11-15)30-3)31-13-21(27)28/h7-12H,4-6,13H2,1-3H3,(H,25,26)(H,27,28)/b24-12-. The molecule has 0 saturated heterocycles. The fourth-order valence-electron chi connectivity index (χ4n) is 2.84. The van der Waals surface area contributed by atoms with Crippen molar-refractivity contribution in [2.75, 3.05) is 20.8 Å². The molecule has 0 aliphatic heterocycles. The SMILES string of the molecule is COc1ccc(CCCC(=O)N/N=C\c2cc(I)c(OCC(=O)O)c(OC)c2)c(C)c1. The average molecular weight is 540 g/mol. The Balaban J connectivity index is 1.88. The quantitative estimate of drug-likeness (QED) is 0.257. The number of carboxylic acid groups (broad SMARTS) is 1. The molecule has 0 radical (unpaired) electrons. The number of aryl methyl sites for hydroxylation is 2. The molecule has 31 heavy (non-hydrogen) atoms. The highest BCUT2D eigenvalue weighted by Crippen LogP contribution is 2.33. The lowest BCUT2D eigenvalue weighted by Crippen LogP contribution is -2.17. The summed E-state index contributed by atoms with van der Waals surface area (Å²) in [7, 11) is 3.10. The van der Waals surface area contributed by atoms with Gasteiger partial charge in [0, 0.05) is 6.42 Å². The van der Waals surface area contributed by atoms with Crippen LogP contribution >= 0.6 is 22.6 Å². The van der Waals surface area contributed by atoms with Gasteiger partial charge in [0.15, 0.2) is 18.1 Å². The average Bonchev–Trinajstić information content (AvgIpc) is 2.73. The number of benzene rings is 2. The Morgan fingerprint density at radius 3 is 2.61 bits per heavy atom. The van der Waals surface area contributed by atoms with Crippen LogP contribution < -0.4 is 19.6 Å². The zero-order chi connectivity index (χ0) is 22.8.